The molecule has 0 aliphatic carbocycles. The van der Waals surface area contributed by atoms with Gasteiger partial charge in [-0.1, -0.05) is 6.08 Å². The van der Waals surface area contributed by atoms with Gasteiger partial charge in [0, 0.05) is 18.3 Å². The fraction of sp³-hybridized carbons (Fsp3) is 0.571. The highest BCUT2D eigenvalue weighted by Crippen LogP contribution is 2.04. The van der Waals surface area contributed by atoms with Gasteiger partial charge in [-0.05, 0) is 19.4 Å². The Balaban J connectivity index is 2.14. The summed E-state index contributed by atoms with van der Waals surface area (Å²) in [5.74, 6) is 0. The number of nitrogens with two attached hydrogens (primary N) is 1. The van der Waals surface area contributed by atoms with E-state index in [1.807, 2.05) is 6.20 Å². The fourth-order valence-corrected chi connectivity index (χ4v) is 0.872. The zero-order valence-electron chi connectivity index (χ0n) is 5.51. The standard InChI is InChI=1S/C7H12N2/c8-5-1-3-7-4-2-6-9-7/h2,6H,1,3-5,8H2. The van der Waals surface area contributed by atoms with Crippen LogP contribution >= 0.6 is 0 Å². The molecule has 0 amide bonds. The van der Waals surface area contributed by atoms with Crippen LogP contribution in [0.2, 0.25) is 0 Å². The number of aliphatic imine (C=N–C) groups is 1. The van der Waals surface area contributed by atoms with E-state index in [-0.39, 0.29) is 0 Å². The molecule has 0 spiro atoms. The van der Waals surface area contributed by atoms with Crippen molar-refractivity contribution in [2.45, 2.75) is 19.3 Å². The van der Waals surface area contributed by atoms with E-state index in [1.54, 1.807) is 0 Å². The van der Waals surface area contributed by atoms with E-state index >= 15 is 0 Å². The van der Waals surface area contributed by atoms with Gasteiger partial charge in [-0.25, -0.2) is 0 Å². The zero-order valence-corrected chi connectivity index (χ0v) is 5.51. The summed E-state index contributed by atoms with van der Waals surface area (Å²) in [6, 6.07) is 0. The second-order valence-corrected chi connectivity index (χ2v) is 2.18. The van der Waals surface area contributed by atoms with E-state index in [0.29, 0.717) is 0 Å². The Morgan fingerprint density at radius 2 is 2.56 bits per heavy atom. The van der Waals surface area contributed by atoms with E-state index in [4.69, 9.17) is 5.73 Å². The minimum atomic E-state index is 0.777. The second-order valence-electron chi connectivity index (χ2n) is 2.18. The summed E-state index contributed by atoms with van der Waals surface area (Å²) in [5.41, 5.74) is 6.61. The Morgan fingerprint density at radius 3 is 3.11 bits per heavy atom. The van der Waals surface area contributed by atoms with Crippen LogP contribution in [0.25, 0.3) is 0 Å². The Bertz CT molecular complexity index is 136. The highest BCUT2D eigenvalue weighted by molar-refractivity contribution is 5.87. The first-order chi connectivity index (χ1) is 4.43. The molecule has 0 unspecified atom stereocenters. The predicted molar refractivity (Wildman–Crippen MR) is 39.5 cm³/mol. The molecule has 9 heavy (non-hydrogen) atoms. The van der Waals surface area contributed by atoms with Crippen LogP contribution in [-0.4, -0.2) is 12.3 Å². The molecule has 2 heteroatoms. The molecular weight excluding hydrogens is 112 g/mol. The predicted octanol–water partition coefficient (Wildman–Crippen LogP) is 1.08. The van der Waals surface area contributed by atoms with Gasteiger partial charge in [0.1, 0.15) is 0 Å². The van der Waals surface area contributed by atoms with Gasteiger partial charge in [0.05, 0.1) is 0 Å². The summed E-state index contributed by atoms with van der Waals surface area (Å²) < 4.78 is 0. The number of hydrogen-bond donors (Lipinski definition) is 1. The molecule has 0 aromatic carbocycles. The van der Waals surface area contributed by atoms with E-state index in [1.165, 1.54) is 5.71 Å². The maximum atomic E-state index is 5.33. The molecule has 0 saturated carbocycles. The summed E-state index contributed by atoms with van der Waals surface area (Å²) in [7, 11) is 0. The molecule has 0 fully saturated rings. The number of allylic oxidation sites excluding steroid dienone is 1. The molecular formula is C7H12N2. The Hall–Kier alpha value is -0.630. The molecule has 1 aliphatic heterocycles. The smallest absolute Gasteiger partial charge is 0.0231 e. The van der Waals surface area contributed by atoms with E-state index in [0.717, 1.165) is 25.8 Å². The van der Waals surface area contributed by atoms with Gasteiger partial charge in [-0.2, -0.15) is 0 Å². The lowest BCUT2D eigenvalue weighted by molar-refractivity contribution is 0.872. The first-order valence-corrected chi connectivity index (χ1v) is 3.34. The first-order valence-electron chi connectivity index (χ1n) is 3.34. The van der Waals surface area contributed by atoms with Gasteiger partial charge < -0.3 is 5.73 Å². The van der Waals surface area contributed by atoms with Gasteiger partial charge in [-0.3, -0.25) is 4.99 Å². The average molecular weight is 124 g/mol. The molecule has 50 valence electrons. The van der Waals surface area contributed by atoms with Crippen LogP contribution in [0.15, 0.2) is 17.3 Å². The molecule has 2 nitrogen and oxygen atoms in total. The fourth-order valence-electron chi connectivity index (χ4n) is 0.872. The summed E-state index contributed by atoms with van der Waals surface area (Å²) in [6.07, 6.45) is 7.13. The quantitative estimate of drug-likeness (QED) is 0.600. The molecule has 0 radical (unpaired) electrons. The Labute approximate surface area is 55.5 Å². The summed E-state index contributed by atoms with van der Waals surface area (Å²) in [5, 5.41) is 0. The molecule has 0 saturated heterocycles. The van der Waals surface area contributed by atoms with Crippen LogP contribution in [0.5, 0.6) is 0 Å². The topological polar surface area (TPSA) is 38.4 Å². The maximum Gasteiger partial charge on any atom is 0.0231 e. The van der Waals surface area contributed by atoms with Crippen LogP contribution in [-0.2, 0) is 0 Å². The molecule has 0 aromatic rings. The van der Waals surface area contributed by atoms with Gasteiger partial charge in [0.25, 0.3) is 0 Å². The molecule has 1 rings (SSSR count). The van der Waals surface area contributed by atoms with Crippen LogP contribution in [0.3, 0.4) is 0 Å². The van der Waals surface area contributed by atoms with Crippen molar-refractivity contribution in [1.82, 2.24) is 0 Å². The second kappa shape index (κ2) is 3.41. The van der Waals surface area contributed by atoms with Crippen molar-refractivity contribution in [3.63, 3.8) is 0 Å². The third-order valence-corrected chi connectivity index (χ3v) is 1.39. The van der Waals surface area contributed by atoms with Crippen LogP contribution < -0.4 is 5.73 Å². The summed E-state index contributed by atoms with van der Waals surface area (Å²) >= 11 is 0. The Kier molecular flexibility index (Phi) is 2.46. The SMILES string of the molecule is NCCCC1=NC=CC1. The minimum absolute atomic E-state index is 0.777. The lowest BCUT2D eigenvalue weighted by Crippen LogP contribution is -2.02. The average Bonchev–Trinajstić information content (AvgIpc) is 2.34. The monoisotopic (exact) mass is 124 g/mol. The maximum absolute atomic E-state index is 5.33. The normalized spacial score (nSPS) is 16.3. The number of hydrogen-bond acceptors (Lipinski definition) is 2. The highest BCUT2D eigenvalue weighted by Gasteiger charge is 1.98. The van der Waals surface area contributed by atoms with Gasteiger partial charge in [-0.15, -0.1) is 0 Å². The van der Waals surface area contributed by atoms with Crippen molar-refractivity contribution in [3.05, 3.63) is 12.3 Å². The highest BCUT2D eigenvalue weighted by atomic mass is 14.7. The van der Waals surface area contributed by atoms with Crippen molar-refractivity contribution in [2.75, 3.05) is 6.54 Å². The molecule has 0 atom stereocenters. The first kappa shape index (κ1) is 6.49. The van der Waals surface area contributed by atoms with E-state index < -0.39 is 0 Å². The van der Waals surface area contributed by atoms with Gasteiger partial charge in [0.2, 0.25) is 0 Å². The number of nitrogens with zero attached hydrogens (tertiary/aromatic N) is 1. The third kappa shape index (κ3) is 1.98. The van der Waals surface area contributed by atoms with E-state index in [2.05, 4.69) is 11.1 Å². The van der Waals surface area contributed by atoms with Crippen molar-refractivity contribution in [1.29, 1.82) is 0 Å². The third-order valence-electron chi connectivity index (χ3n) is 1.39. The number of rotatable bonds is 3. The Morgan fingerprint density at radius 1 is 1.67 bits per heavy atom. The van der Waals surface area contributed by atoms with Crippen molar-refractivity contribution >= 4 is 5.71 Å². The lowest BCUT2D eigenvalue weighted by atomic mass is 10.2. The van der Waals surface area contributed by atoms with E-state index in [9.17, 15) is 0 Å². The molecule has 2 N–H and O–H groups in total. The van der Waals surface area contributed by atoms with Crippen molar-refractivity contribution in [3.8, 4) is 0 Å². The molecule has 1 aliphatic rings. The summed E-state index contributed by atoms with van der Waals surface area (Å²) in [6.45, 7) is 0.777. The lowest BCUT2D eigenvalue weighted by Gasteiger charge is -1.94. The van der Waals surface area contributed by atoms with Crippen molar-refractivity contribution < 1.29 is 0 Å². The van der Waals surface area contributed by atoms with Crippen molar-refractivity contribution in [2.24, 2.45) is 10.7 Å². The van der Waals surface area contributed by atoms with Gasteiger partial charge >= 0.3 is 0 Å². The van der Waals surface area contributed by atoms with Crippen LogP contribution in [0.1, 0.15) is 19.3 Å². The zero-order chi connectivity index (χ0) is 6.53. The van der Waals surface area contributed by atoms with Crippen LogP contribution in [0, 0.1) is 0 Å². The molecule has 0 bridgehead atoms. The largest absolute Gasteiger partial charge is 0.330 e. The molecule has 0 aromatic heterocycles. The summed E-state index contributed by atoms with van der Waals surface area (Å²) in [4.78, 5) is 4.15. The molecule has 1 heterocycles. The van der Waals surface area contributed by atoms with Gasteiger partial charge in [0.15, 0.2) is 0 Å². The minimum Gasteiger partial charge on any atom is -0.330 e. The van der Waals surface area contributed by atoms with Crippen LogP contribution in [0.4, 0.5) is 0 Å².